The van der Waals surface area contributed by atoms with Gasteiger partial charge in [-0.25, -0.2) is 18.7 Å². The lowest BCUT2D eigenvalue weighted by Crippen LogP contribution is -2.16. The predicted octanol–water partition coefficient (Wildman–Crippen LogP) is 2.83. The van der Waals surface area contributed by atoms with Gasteiger partial charge in [0.1, 0.15) is 5.82 Å². The van der Waals surface area contributed by atoms with Crippen LogP contribution in [0.1, 0.15) is 16.2 Å². The van der Waals surface area contributed by atoms with E-state index in [2.05, 4.69) is 10.1 Å². The summed E-state index contributed by atoms with van der Waals surface area (Å²) in [5.41, 5.74) is 2.86. The Bertz CT molecular complexity index is 965. The smallest absolute Gasteiger partial charge is 0.433 e. The van der Waals surface area contributed by atoms with E-state index >= 15 is 0 Å². The highest BCUT2D eigenvalue weighted by atomic mass is 19.4. The Morgan fingerprint density at radius 2 is 1.92 bits per heavy atom. The lowest BCUT2D eigenvalue weighted by atomic mass is 10.1. The number of halogens is 4. The fraction of sp³-hybridized carbons (Fsp3) is 0.0714. The van der Waals surface area contributed by atoms with Gasteiger partial charge < -0.3 is 10.8 Å². The molecule has 0 amide bonds. The summed E-state index contributed by atoms with van der Waals surface area (Å²) >= 11 is 0. The number of rotatable bonds is 2. The Morgan fingerprint density at radius 1 is 1.21 bits per heavy atom. The quantitative estimate of drug-likeness (QED) is 0.553. The molecule has 0 saturated carbocycles. The Labute approximate surface area is 131 Å². The van der Waals surface area contributed by atoms with Crippen LogP contribution in [0.3, 0.4) is 0 Å². The fourth-order valence-corrected chi connectivity index (χ4v) is 2.16. The maximum absolute atomic E-state index is 13.9. The topological polar surface area (TPSA) is 93.5 Å². The molecular weight excluding hydrogens is 332 g/mol. The highest BCUT2D eigenvalue weighted by molar-refractivity contribution is 5.86. The molecule has 124 valence electrons. The highest BCUT2D eigenvalue weighted by Crippen LogP contribution is 2.31. The average molecular weight is 340 g/mol. The van der Waals surface area contributed by atoms with Gasteiger partial charge in [0.05, 0.1) is 5.69 Å². The maximum Gasteiger partial charge on any atom is 0.433 e. The number of nitrogens with zero attached hydrogens (tertiary/aromatic N) is 3. The van der Waals surface area contributed by atoms with Gasteiger partial charge in [-0.15, -0.1) is 0 Å². The Kier molecular flexibility index (Phi) is 3.39. The van der Waals surface area contributed by atoms with Crippen molar-refractivity contribution in [3.8, 4) is 11.3 Å². The zero-order valence-electron chi connectivity index (χ0n) is 11.7. The van der Waals surface area contributed by atoms with Crippen molar-refractivity contribution < 1.29 is 27.5 Å². The zero-order chi connectivity index (χ0) is 17.6. The minimum absolute atomic E-state index is 0.0836. The first-order chi connectivity index (χ1) is 11.2. The number of aromatic nitrogens is 3. The minimum Gasteiger partial charge on any atom is -0.477 e. The lowest BCUT2D eigenvalue weighted by Gasteiger charge is -2.09. The number of carbonyl (C=O) groups is 1. The van der Waals surface area contributed by atoms with E-state index in [4.69, 9.17) is 10.8 Å². The van der Waals surface area contributed by atoms with E-state index in [-0.39, 0.29) is 22.6 Å². The van der Waals surface area contributed by atoms with Crippen LogP contribution in [0.15, 0.2) is 30.3 Å². The van der Waals surface area contributed by atoms with E-state index < -0.39 is 29.4 Å². The van der Waals surface area contributed by atoms with E-state index in [0.717, 1.165) is 12.1 Å². The summed E-state index contributed by atoms with van der Waals surface area (Å²) in [5, 5.41) is 12.6. The van der Waals surface area contributed by atoms with Gasteiger partial charge in [-0.1, -0.05) is 0 Å². The van der Waals surface area contributed by atoms with Gasteiger partial charge in [-0.3, -0.25) is 0 Å². The van der Waals surface area contributed by atoms with Crippen LogP contribution < -0.4 is 5.73 Å². The van der Waals surface area contributed by atoms with Gasteiger partial charge in [-0.2, -0.15) is 18.3 Å². The van der Waals surface area contributed by atoms with E-state index in [1.807, 2.05) is 0 Å². The number of anilines is 1. The van der Waals surface area contributed by atoms with Crippen LogP contribution >= 0.6 is 0 Å². The molecule has 3 rings (SSSR count). The molecule has 0 aliphatic heterocycles. The molecule has 1 aromatic carbocycles. The molecule has 0 atom stereocenters. The van der Waals surface area contributed by atoms with Crippen molar-refractivity contribution in [2.45, 2.75) is 6.18 Å². The van der Waals surface area contributed by atoms with Gasteiger partial charge >= 0.3 is 12.1 Å². The molecule has 0 saturated heterocycles. The third-order valence-electron chi connectivity index (χ3n) is 3.21. The van der Waals surface area contributed by atoms with Gasteiger partial charge in [0, 0.05) is 23.4 Å². The molecule has 10 heteroatoms. The average Bonchev–Trinajstić information content (AvgIpc) is 2.88. The zero-order valence-corrected chi connectivity index (χ0v) is 11.7. The monoisotopic (exact) mass is 340 g/mol. The number of hydrogen-bond donors (Lipinski definition) is 2. The molecule has 0 aliphatic carbocycles. The molecule has 0 bridgehead atoms. The third-order valence-corrected chi connectivity index (χ3v) is 3.21. The third kappa shape index (κ3) is 2.62. The molecule has 0 aliphatic rings. The predicted molar refractivity (Wildman–Crippen MR) is 74.8 cm³/mol. The number of carboxylic acid groups (broad SMARTS) is 1. The molecule has 0 fully saturated rings. The van der Waals surface area contributed by atoms with Crippen LogP contribution in [0.5, 0.6) is 0 Å². The summed E-state index contributed by atoms with van der Waals surface area (Å²) in [6.07, 6.45) is -4.87. The van der Waals surface area contributed by atoms with Gasteiger partial charge in [0.15, 0.2) is 17.0 Å². The van der Waals surface area contributed by atoms with Crippen molar-refractivity contribution in [2.24, 2.45) is 0 Å². The van der Waals surface area contributed by atoms with Crippen molar-refractivity contribution in [3.63, 3.8) is 0 Å². The lowest BCUT2D eigenvalue weighted by molar-refractivity contribution is -0.142. The largest absolute Gasteiger partial charge is 0.477 e. The summed E-state index contributed by atoms with van der Waals surface area (Å²) in [7, 11) is 0. The summed E-state index contributed by atoms with van der Waals surface area (Å²) in [6.45, 7) is 0. The molecule has 24 heavy (non-hydrogen) atoms. The summed E-state index contributed by atoms with van der Waals surface area (Å²) in [4.78, 5) is 14.6. The second-order valence-corrected chi connectivity index (χ2v) is 4.87. The van der Waals surface area contributed by atoms with Crippen molar-refractivity contribution in [3.05, 3.63) is 47.5 Å². The number of hydrogen-bond acceptors (Lipinski definition) is 4. The SMILES string of the molecule is Nc1ccc(-c2cc3nc(C(=O)O)cc(C(F)(F)F)n3n2)c(F)c1. The summed E-state index contributed by atoms with van der Waals surface area (Å²) in [5.74, 6) is -2.39. The van der Waals surface area contributed by atoms with Gasteiger partial charge in [0.25, 0.3) is 0 Å². The molecule has 3 N–H and O–H groups in total. The van der Waals surface area contributed by atoms with Crippen molar-refractivity contribution >= 4 is 17.3 Å². The molecule has 0 spiro atoms. The number of carboxylic acids is 1. The number of alkyl halides is 3. The van der Waals surface area contributed by atoms with Crippen molar-refractivity contribution in [1.82, 2.24) is 14.6 Å². The van der Waals surface area contributed by atoms with E-state index in [0.29, 0.717) is 10.6 Å². The van der Waals surface area contributed by atoms with E-state index in [9.17, 15) is 22.4 Å². The summed E-state index contributed by atoms with van der Waals surface area (Å²) < 4.78 is 53.8. The Balaban J connectivity index is 2.29. The number of aromatic carboxylic acids is 1. The first kappa shape index (κ1) is 15.7. The minimum atomic E-state index is -4.87. The van der Waals surface area contributed by atoms with E-state index in [1.54, 1.807) is 0 Å². The standard InChI is InChI=1S/C14H8F4N4O2/c15-8-3-6(19)1-2-7(8)9-5-12-20-10(13(23)24)4-11(14(16,17)18)22(12)21-9/h1-5H,19H2,(H,23,24). The van der Waals surface area contributed by atoms with Crippen molar-refractivity contribution in [1.29, 1.82) is 0 Å². The van der Waals surface area contributed by atoms with Gasteiger partial charge in [-0.05, 0) is 18.2 Å². The number of fused-ring (bicyclic) bond motifs is 1. The second kappa shape index (κ2) is 5.18. The molecule has 6 nitrogen and oxygen atoms in total. The van der Waals surface area contributed by atoms with Crippen LogP contribution in [-0.2, 0) is 6.18 Å². The number of nitrogens with two attached hydrogens (primary N) is 1. The molecular formula is C14H8F4N4O2. The van der Waals surface area contributed by atoms with Crippen LogP contribution in [-0.4, -0.2) is 25.7 Å². The van der Waals surface area contributed by atoms with Crippen molar-refractivity contribution in [2.75, 3.05) is 5.73 Å². The van der Waals surface area contributed by atoms with E-state index in [1.165, 1.54) is 12.1 Å². The van der Waals surface area contributed by atoms with Crippen LogP contribution in [0.4, 0.5) is 23.2 Å². The molecule has 3 aromatic rings. The molecule has 2 aromatic heterocycles. The second-order valence-electron chi connectivity index (χ2n) is 4.87. The molecule has 0 radical (unpaired) electrons. The highest BCUT2D eigenvalue weighted by Gasteiger charge is 2.36. The Morgan fingerprint density at radius 3 is 2.50 bits per heavy atom. The molecule has 2 heterocycles. The van der Waals surface area contributed by atoms with Crippen LogP contribution in [0.25, 0.3) is 16.9 Å². The first-order valence-corrected chi connectivity index (χ1v) is 6.43. The molecule has 0 unspecified atom stereocenters. The van der Waals surface area contributed by atoms with Gasteiger partial charge in [0.2, 0.25) is 0 Å². The summed E-state index contributed by atoms with van der Waals surface area (Å²) in [6, 6.07) is 5.06. The number of nitrogen functional groups attached to an aromatic ring is 1. The van der Waals surface area contributed by atoms with Crippen LogP contribution in [0.2, 0.25) is 0 Å². The fourth-order valence-electron chi connectivity index (χ4n) is 2.16. The first-order valence-electron chi connectivity index (χ1n) is 6.43. The Hall–Kier alpha value is -3.17. The number of benzene rings is 1. The van der Waals surface area contributed by atoms with Crippen LogP contribution in [0, 0.1) is 5.82 Å². The maximum atomic E-state index is 13.9. The normalized spacial score (nSPS) is 11.8.